The van der Waals surface area contributed by atoms with Gasteiger partial charge in [-0.15, -0.1) is 0 Å². The van der Waals surface area contributed by atoms with Gasteiger partial charge in [-0.2, -0.15) is 0 Å². The number of hydrogen-bond acceptors (Lipinski definition) is 3. The lowest BCUT2D eigenvalue weighted by Gasteiger charge is -2.21. The van der Waals surface area contributed by atoms with E-state index in [1.54, 1.807) is 6.07 Å². The molecule has 0 amide bonds. The zero-order chi connectivity index (χ0) is 17.4. The molecule has 0 aromatic heterocycles. The van der Waals surface area contributed by atoms with Crippen molar-refractivity contribution >= 4 is 22.5 Å². The quantitative estimate of drug-likeness (QED) is 0.764. The highest BCUT2D eigenvalue weighted by atomic mass is 16.7. The molecule has 0 saturated heterocycles. The van der Waals surface area contributed by atoms with E-state index in [1.807, 2.05) is 67.6 Å². The highest BCUT2D eigenvalue weighted by Crippen LogP contribution is 2.37. The van der Waals surface area contributed by atoms with E-state index in [-0.39, 0.29) is 0 Å². The van der Waals surface area contributed by atoms with Crippen molar-refractivity contribution in [3.05, 3.63) is 83.4 Å². The lowest BCUT2D eigenvalue weighted by molar-refractivity contribution is -0.00738. The van der Waals surface area contributed by atoms with Crippen LogP contribution in [0.1, 0.15) is 34.8 Å². The summed E-state index contributed by atoms with van der Waals surface area (Å²) in [5.74, 6) is -0.929. The van der Waals surface area contributed by atoms with Crippen LogP contribution in [0.15, 0.2) is 71.9 Å². The number of benzene rings is 3. The van der Waals surface area contributed by atoms with Crippen LogP contribution >= 0.6 is 0 Å². The van der Waals surface area contributed by atoms with Crippen LogP contribution in [0.3, 0.4) is 0 Å². The van der Waals surface area contributed by atoms with E-state index >= 15 is 0 Å². The lowest BCUT2D eigenvalue weighted by atomic mass is 9.87. The summed E-state index contributed by atoms with van der Waals surface area (Å²) in [6.45, 7) is 2.02. The third-order valence-corrected chi connectivity index (χ3v) is 4.71. The second-order valence-electron chi connectivity index (χ2n) is 6.41. The van der Waals surface area contributed by atoms with Crippen molar-refractivity contribution in [2.75, 3.05) is 0 Å². The molecule has 4 rings (SSSR count). The largest absolute Gasteiger partial charge is 0.478 e. The Morgan fingerprint density at radius 2 is 1.68 bits per heavy atom. The number of hydrogen-bond donors (Lipinski definition) is 1. The Hall–Kier alpha value is -3.14. The number of oxime groups is 1. The molecule has 1 N–H and O–H groups in total. The van der Waals surface area contributed by atoms with Crippen molar-refractivity contribution in [1.29, 1.82) is 0 Å². The molecule has 124 valence electrons. The van der Waals surface area contributed by atoms with E-state index < -0.39 is 11.6 Å². The summed E-state index contributed by atoms with van der Waals surface area (Å²) in [6.07, 6.45) is 0.632. The summed E-state index contributed by atoms with van der Waals surface area (Å²) in [7, 11) is 0. The Morgan fingerprint density at radius 1 is 1.00 bits per heavy atom. The van der Waals surface area contributed by atoms with Crippen LogP contribution in [0.2, 0.25) is 0 Å². The molecule has 0 radical (unpaired) electrons. The summed E-state index contributed by atoms with van der Waals surface area (Å²) in [6, 6.07) is 21.0. The van der Waals surface area contributed by atoms with Gasteiger partial charge in [-0.1, -0.05) is 65.8 Å². The van der Waals surface area contributed by atoms with Crippen molar-refractivity contribution in [2.24, 2.45) is 5.16 Å². The van der Waals surface area contributed by atoms with Gasteiger partial charge in [-0.05, 0) is 29.3 Å². The molecule has 4 nitrogen and oxygen atoms in total. The first kappa shape index (κ1) is 15.4. The fourth-order valence-electron chi connectivity index (χ4n) is 3.37. The number of carboxylic acid groups (broad SMARTS) is 1. The summed E-state index contributed by atoms with van der Waals surface area (Å²) in [5, 5.41) is 15.3. The average molecular weight is 331 g/mol. The first-order valence-corrected chi connectivity index (χ1v) is 8.14. The van der Waals surface area contributed by atoms with E-state index in [2.05, 4.69) is 5.16 Å². The average Bonchev–Trinajstić information content (AvgIpc) is 3.05. The maximum Gasteiger partial charge on any atom is 0.336 e. The molecule has 25 heavy (non-hydrogen) atoms. The van der Waals surface area contributed by atoms with Gasteiger partial charge >= 0.3 is 5.97 Å². The third-order valence-electron chi connectivity index (χ3n) is 4.71. The van der Waals surface area contributed by atoms with Gasteiger partial charge < -0.3 is 9.94 Å². The molecule has 0 bridgehead atoms. The van der Waals surface area contributed by atoms with E-state index in [0.717, 1.165) is 22.2 Å². The zero-order valence-electron chi connectivity index (χ0n) is 13.8. The van der Waals surface area contributed by atoms with Crippen molar-refractivity contribution in [3.63, 3.8) is 0 Å². The van der Waals surface area contributed by atoms with Crippen LogP contribution in [0.5, 0.6) is 0 Å². The first-order valence-electron chi connectivity index (χ1n) is 8.14. The van der Waals surface area contributed by atoms with Gasteiger partial charge in [0, 0.05) is 12.0 Å². The van der Waals surface area contributed by atoms with Crippen molar-refractivity contribution in [3.8, 4) is 0 Å². The number of rotatable bonds is 3. The number of carboxylic acids is 1. The molecule has 1 heterocycles. The van der Waals surface area contributed by atoms with Crippen LogP contribution in [0.4, 0.5) is 0 Å². The van der Waals surface area contributed by atoms with Crippen LogP contribution in [-0.2, 0) is 10.4 Å². The van der Waals surface area contributed by atoms with E-state index in [4.69, 9.17) is 4.84 Å². The Morgan fingerprint density at radius 3 is 2.40 bits per heavy atom. The highest BCUT2D eigenvalue weighted by molar-refractivity contribution is 6.15. The van der Waals surface area contributed by atoms with Gasteiger partial charge in [-0.25, -0.2) is 4.79 Å². The third kappa shape index (κ3) is 2.56. The Bertz CT molecular complexity index is 994. The predicted octanol–water partition coefficient (Wildman–Crippen LogP) is 4.58. The molecule has 4 heteroatoms. The van der Waals surface area contributed by atoms with Gasteiger partial charge in [0.05, 0.1) is 11.3 Å². The smallest absolute Gasteiger partial charge is 0.336 e. The van der Waals surface area contributed by atoms with Crippen molar-refractivity contribution < 1.29 is 14.7 Å². The predicted molar refractivity (Wildman–Crippen MR) is 96.9 cm³/mol. The topological polar surface area (TPSA) is 58.9 Å². The number of nitrogens with zero attached hydrogens (tertiary/aromatic N) is 1. The van der Waals surface area contributed by atoms with Crippen LogP contribution in [0.25, 0.3) is 10.8 Å². The summed E-state index contributed by atoms with van der Waals surface area (Å²) in [4.78, 5) is 17.3. The Balaban J connectivity index is 1.77. The zero-order valence-corrected chi connectivity index (χ0v) is 13.8. The fraction of sp³-hybridized carbons (Fsp3) is 0.143. The molecule has 0 spiro atoms. The monoisotopic (exact) mass is 331 g/mol. The second-order valence-corrected chi connectivity index (χ2v) is 6.41. The molecule has 3 aromatic rings. The molecule has 0 saturated carbocycles. The molecule has 0 aliphatic carbocycles. The molecule has 1 unspecified atom stereocenters. The van der Waals surface area contributed by atoms with Gasteiger partial charge in [0.2, 0.25) is 0 Å². The van der Waals surface area contributed by atoms with Gasteiger partial charge in [0.15, 0.2) is 5.60 Å². The minimum atomic E-state index is -0.929. The lowest BCUT2D eigenvalue weighted by Crippen LogP contribution is -2.21. The molecule has 0 fully saturated rings. The number of carbonyl (C=O) groups is 1. The summed E-state index contributed by atoms with van der Waals surface area (Å²) in [5.41, 5.74) is 2.60. The molecule has 1 atom stereocenters. The molecule has 1 aliphatic heterocycles. The second kappa shape index (κ2) is 5.74. The molecule has 3 aromatic carbocycles. The Kier molecular flexibility index (Phi) is 3.53. The minimum Gasteiger partial charge on any atom is -0.478 e. The van der Waals surface area contributed by atoms with E-state index in [1.165, 1.54) is 0 Å². The van der Waals surface area contributed by atoms with Gasteiger partial charge in [0.1, 0.15) is 0 Å². The van der Waals surface area contributed by atoms with Crippen LogP contribution in [-0.4, -0.2) is 16.8 Å². The highest BCUT2D eigenvalue weighted by Gasteiger charge is 2.37. The van der Waals surface area contributed by atoms with Crippen LogP contribution in [0, 0.1) is 0 Å². The Labute approximate surface area is 145 Å². The normalized spacial score (nSPS) is 19.5. The fourth-order valence-corrected chi connectivity index (χ4v) is 3.37. The van der Waals surface area contributed by atoms with Gasteiger partial charge in [0.25, 0.3) is 0 Å². The maximum absolute atomic E-state index is 11.5. The summed E-state index contributed by atoms with van der Waals surface area (Å²) < 4.78 is 0. The van der Waals surface area contributed by atoms with E-state index in [9.17, 15) is 9.90 Å². The number of fused-ring (bicyclic) bond motifs is 1. The van der Waals surface area contributed by atoms with E-state index in [0.29, 0.717) is 17.4 Å². The minimum absolute atomic E-state index is 0.296. The standard InChI is InChI=1S/C21H17NO3/c1-21(14-7-3-2-4-8-14)13-19(22-25-21)17-11-12-18(20(23)24)16-10-6-5-9-15(16)17/h2-12H,13H2,1H3,(H,23,24). The molecular weight excluding hydrogens is 314 g/mol. The van der Waals surface area contributed by atoms with Crippen molar-refractivity contribution in [1.82, 2.24) is 0 Å². The van der Waals surface area contributed by atoms with Gasteiger partial charge in [-0.3, -0.25) is 0 Å². The van der Waals surface area contributed by atoms with Crippen LogP contribution < -0.4 is 0 Å². The molecule has 1 aliphatic rings. The SMILES string of the molecule is CC1(c2ccccc2)CC(c2ccc(C(=O)O)c3ccccc23)=NO1. The maximum atomic E-state index is 11.5. The molecular formula is C21H17NO3. The summed E-state index contributed by atoms with van der Waals surface area (Å²) >= 11 is 0. The number of aromatic carboxylic acids is 1. The van der Waals surface area contributed by atoms with Crippen molar-refractivity contribution in [2.45, 2.75) is 18.9 Å². The first-order chi connectivity index (χ1) is 12.1.